The van der Waals surface area contributed by atoms with Crippen molar-refractivity contribution in [1.82, 2.24) is 24.0 Å². The van der Waals surface area contributed by atoms with Crippen LogP contribution in [0.25, 0.3) is 0 Å². The molecule has 0 saturated carbocycles. The molecule has 8 nitrogen and oxygen atoms in total. The van der Waals surface area contributed by atoms with Gasteiger partial charge in [0.1, 0.15) is 11.0 Å². The second-order valence-electron chi connectivity index (χ2n) is 7.96. The zero-order chi connectivity index (χ0) is 21.4. The predicted octanol–water partition coefficient (Wildman–Crippen LogP) is 2.13. The third-order valence-corrected chi connectivity index (χ3v) is 7.75. The van der Waals surface area contributed by atoms with E-state index in [0.717, 1.165) is 17.7 Å². The van der Waals surface area contributed by atoms with E-state index in [-0.39, 0.29) is 22.9 Å². The summed E-state index contributed by atoms with van der Waals surface area (Å²) < 4.78 is 37.0. The van der Waals surface area contributed by atoms with E-state index in [0.29, 0.717) is 26.2 Å². The van der Waals surface area contributed by atoms with Crippen molar-refractivity contribution in [2.45, 2.75) is 43.6 Å². The Bertz CT molecular complexity index is 1160. The molecule has 0 spiro atoms. The molecule has 1 aromatic carbocycles. The van der Waals surface area contributed by atoms with Gasteiger partial charge in [-0.05, 0) is 24.6 Å². The Hall–Kier alpha value is -2.75. The molecule has 3 aromatic rings. The first kappa shape index (κ1) is 20.2. The first-order chi connectivity index (χ1) is 15.0. The number of hydrogen-bond donors (Lipinski definition) is 0. The summed E-state index contributed by atoms with van der Waals surface area (Å²) in [6.45, 7) is 5.07. The first-order valence-corrected chi connectivity index (χ1v) is 11.9. The molecule has 31 heavy (non-hydrogen) atoms. The van der Waals surface area contributed by atoms with Gasteiger partial charge in [0.25, 0.3) is 0 Å². The number of hydrogen-bond acceptors (Lipinski definition) is 6. The van der Waals surface area contributed by atoms with Gasteiger partial charge in [0.15, 0.2) is 0 Å². The van der Waals surface area contributed by atoms with Gasteiger partial charge in [-0.1, -0.05) is 30.3 Å². The highest BCUT2D eigenvalue weighted by Crippen LogP contribution is 2.36. The predicted molar refractivity (Wildman–Crippen MR) is 115 cm³/mol. The standard InChI is InChI=1S/C22H25N5O3S/c1-2-26-13-18(11-24-26)12-25-15-19-20(16-25)30-22-21(9-6-10-23-22)31(28,29)27(19)14-17-7-4-3-5-8-17/h3-11,13,19-20H,2,12,14-16H2,1H3/t19-,20-/m1/s1. The molecule has 0 amide bonds. The highest BCUT2D eigenvalue weighted by molar-refractivity contribution is 7.89. The summed E-state index contributed by atoms with van der Waals surface area (Å²) in [6.07, 6.45) is 5.18. The van der Waals surface area contributed by atoms with E-state index in [4.69, 9.17) is 4.74 Å². The number of sulfonamides is 1. The van der Waals surface area contributed by atoms with Crippen LogP contribution < -0.4 is 4.74 Å². The fraction of sp³-hybridized carbons (Fsp3) is 0.364. The van der Waals surface area contributed by atoms with Gasteiger partial charge in [-0.25, -0.2) is 13.4 Å². The van der Waals surface area contributed by atoms with Gasteiger partial charge in [0.2, 0.25) is 15.9 Å². The maximum absolute atomic E-state index is 13.7. The first-order valence-electron chi connectivity index (χ1n) is 10.5. The van der Waals surface area contributed by atoms with Gasteiger partial charge in [0, 0.05) is 50.7 Å². The summed E-state index contributed by atoms with van der Waals surface area (Å²) in [5.41, 5.74) is 2.05. The molecule has 0 unspecified atom stereocenters. The van der Waals surface area contributed by atoms with Crippen molar-refractivity contribution in [3.05, 3.63) is 72.2 Å². The van der Waals surface area contributed by atoms with Crippen LogP contribution in [0.1, 0.15) is 18.1 Å². The molecule has 2 aliphatic rings. The van der Waals surface area contributed by atoms with Crippen LogP contribution in [0.2, 0.25) is 0 Å². The van der Waals surface area contributed by atoms with Crippen molar-refractivity contribution >= 4 is 10.0 Å². The molecule has 9 heteroatoms. The summed E-state index contributed by atoms with van der Waals surface area (Å²) in [5.74, 6) is 0.189. The average Bonchev–Trinajstić information content (AvgIpc) is 3.38. The van der Waals surface area contributed by atoms with Crippen LogP contribution in [0.4, 0.5) is 0 Å². The minimum atomic E-state index is -3.77. The van der Waals surface area contributed by atoms with Crippen LogP contribution in [-0.4, -0.2) is 57.6 Å². The highest BCUT2D eigenvalue weighted by Gasteiger charge is 2.47. The van der Waals surface area contributed by atoms with E-state index in [1.807, 2.05) is 47.4 Å². The van der Waals surface area contributed by atoms with E-state index < -0.39 is 10.0 Å². The average molecular weight is 440 g/mol. The topological polar surface area (TPSA) is 80.6 Å². The van der Waals surface area contributed by atoms with E-state index in [1.54, 1.807) is 22.6 Å². The molecule has 1 saturated heterocycles. The minimum Gasteiger partial charge on any atom is -0.470 e. The maximum atomic E-state index is 13.7. The van der Waals surface area contributed by atoms with Crippen molar-refractivity contribution in [3.8, 4) is 5.88 Å². The third kappa shape index (κ3) is 3.84. The van der Waals surface area contributed by atoms with Crippen LogP contribution in [0.3, 0.4) is 0 Å². The molecule has 0 aliphatic carbocycles. The van der Waals surface area contributed by atoms with Crippen molar-refractivity contribution < 1.29 is 13.2 Å². The largest absolute Gasteiger partial charge is 0.470 e. The highest BCUT2D eigenvalue weighted by atomic mass is 32.2. The molecule has 0 radical (unpaired) electrons. The van der Waals surface area contributed by atoms with E-state index in [9.17, 15) is 8.42 Å². The lowest BCUT2D eigenvalue weighted by Gasteiger charge is -2.28. The quantitative estimate of drug-likeness (QED) is 0.606. The van der Waals surface area contributed by atoms with Crippen LogP contribution in [0, 0.1) is 0 Å². The Balaban J connectivity index is 1.48. The minimum absolute atomic E-state index is 0.135. The molecule has 162 valence electrons. The normalized spacial score (nSPS) is 23.0. The number of ether oxygens (including phenoxy) is 1. The molecule has 5 rings (SSSR count). The molecule has 4 heterocycles. The Morgan fingerprint density at radius 1 is 1.06 bits per heavy atom. The van der Waals surface area contributed by atoms with E-state index in [1.165, 1.54) is 0 Å². The van der Waals surface area contributed by atoms with E-state index >= 15 is 0 Å². The molecule has 2 aliphatic heterocycles. The van der Waals surface area contributed by atoms with Crippen molar-refractivity contribution in [3.63, 3.8) is 0 Å². The Morgan fingerprint density at radius 2 is 1.90 bits per heavy atom. The van der Waals surface area contributed by atoms with Crippen LogP contribution in [-0.2, 0) is 29.7 Å². The molecule has 2 atom stereocenters. The van der Waals surface area contributed by atoms with E-state index in [2.05, 4.69) is 21.9 Å². The smallest absolute Gasteiger partial charge is 0.249 e. The molecular weight excluding hydrogens is 414 g/mol. The molecule has 1 fully saturated rings. The molecule has 0 N–H and O–H groups in total. The lowest BCUT2D eigenvalue weighted by atomic mass is 10.1. The van der Waals surface area contributed by atoms with Gasteiger partial charge in [0.05, 0.1) is 12.2 Å². The summed E-state index contributed by atoms with van der Waals surface area (Å²) >= 11 is 0. The fourth-order valence-electron chi connectivity index (χ4n) is 4.35. The number of fused-ring (bicyclic) bond motifs is 2. The molecular formula is C22H25N5O3S. The summed E-state index contributed by atoms with van der Waals surface area (Å²) in [6, 6.07) is 12.6. The Morgan fingerprint density at radius 3 is 2.68 bits per heavy atom. The van der Waals surface area contributed by atoms with Crippen LogP contribution >= 0.6 is 0 Å². The molecule has 0 bridgehead atoms. The fourth-order valence-corrected chi connectivity index (χ4v) is 6.05. The number of rotatable bonds is 5. The number of aromatic nitrogens is 3. The summed E-state index contributed by atoms with van der Waals surface area (Å²) in [7, 11) is -3.77. The van der Waals surface area contributed by atoms with Crippen molar-refractivity contribution in [2.24, 2.45) is 0 Å². The zero-order valence-electron chi connectivity index (χ0n) is 17.3. The second kappa shape index (κ2) is 8.07. The van der Waals surface area contributed by atoms with Gasteiger partial charge < -0.3 is 4.74 Å². The number of pyridine rings is 1. The third-order valence-electron chi connectivity index (χ3n) is 5.87. The lowest BCUT2D eigenvalue weighted by molar-refractivity contribution is 0.144. The summed E-state index contributed by atoms with van der Waals surface area (Å²) in [4.78, 5) is 6.61. The van der Waals surface area contributed by atoms with Gasteiger partial charge in [-0.15, -0.1) is 0 Å². The van der Waals surface area contributed by atoms with Crippen molar-refractivity contribution in [1.29, 1.82) is 0 Å². The van der Waals surface area contributed by atoms with Gasteiger partial charge in [-0.2, -0.15) is 9.40 Å². The number of nitrogens with zero attached hydrogens (tertiary/aromatic N) is 5. The van der Waals surface area contributed by atoms with Crippen LogP contribution in [0.5, 0.6) is 5.88 Å². The molecule has 2 aromatic heterocycles. The lowest BCUT2D eigenvalue weighted by Crippen LogP contribution is -2.46. The number of aryl methyl sites for hydroxylation is 1. The Kier molecular flexibility index (Phi) is 5.25. The Labute approximate surface area is 182 Å². The monoisotopic (exact) mass is 439 g/mol. The SMILES string of the molecule is CCn1cc(CN2C[C@@H]3[C@@H](C2)Oc2ncccc2S(=O)(=O)N3Cc2ccccc2)cn1. The zero-order valence-corrected chi connectivity index (χ0v) is 18.1. The summed E-state index contributed by atoms with van der Waals surface area (Å²) in [5, 5.41) is 4.35. The van der Waals surface area contributed by atoms with Crippen LogP contribution in [0.15, 0.2) is 66.0 Å². The van der Waals surface area contributed by atoms with Gasteiger partial charge >= 0.3 is 0 Å². The van der Waals surface area contributed by atoms with Gasteiger partial charge in [-0.3, -0.25) is 9.58 Å². The van der Waals surface area contributed by atoms with Crippen molar-refractivity contribution in [2.75, 3.05) is 13.1 Å². The second-order valence-corrected chi connectivity index (χ2v) is 9.82. The maximum Gasteiger partial charge on any atom is 0.249 e. The number of benzene rings is 1. The number of likely N-dealkylation sites (tertiary alicyclic amines) is 1.